The van der Waals surface area contributed by atoms with Crippen LogP contribution in [0.1, 0.15) is 45.5 Å². The predicted octanol–water partition coefficient (Wildman–Crippen LogP) is 3.11. The summed E-state index contributed by atoms with van der Waals surface area (Å²) in [5.74, 6) is -1.51. The van der Waals surface area contributed by atoms with Gasteiger partial charge in [0.05, 0.1) is 0 Å². The second-order valence-electron chi connectivity index (χ2n) is 8.07. The van der Waals surface area contributed by atoms with E-state index in [-0.39, 0.29) is 5.78 Å². The molecule has 2 aromatic rings. The van der Waals surface area contributed by atoms with E-state index >= 15 is 0 Å². The number of furan rings is 1. The Labute approximate surface area is 171 Å². The molecule has 1 fully saturated rings. The molecule has 6 nitrogen and oxygen atoms in total. The van der Waals surface area contributed by atoms with Crippen molar-refractivity contribution in [3.8, 4) is 0 Å². The number of aryl methyl sites for hydroxylation is 3. The van der Waals surface area contributed by atoms with Crippen LogP contribution in [0, 0.1) is 26.7 Å². The minimum Gasteiger partial charge on any atom is -0.464 e. The van der Waals surface area contributed by atoms with Crippen LogP contribution in [0.2, 0.25) is 0 Å². The summed E-state index contributed by atoms with van der Waals surface area (Å²) in [6, 6.07) is 8.42. The zero-order chi connectivity index (χ0) is 21.3. The van der Waals surface area contributed by atoms with E-state index in [1.165, 1.54) is 4.90 Å². The van der Waals surface area contributed by atoms with Gasteiger partial charge in [-0.3, -0.25) is 14.4 Å². The number of Topliss-reactive ketones (excluding diaryl/α,β-unsaturated/α-hetero) is 2. The van der Waals surface area contributed by atoms with E-state index in [9.17, 15) is 14.4 Å². The lowest BCUT2D eigenvalue weighted by Gasteiger charge is -2.26. The average molecular weight is 396 g/mol. The number of benzene rings is 1. The first-order valence-electron chi connectivity index (χ1n) is 9.88. The van der Waals surface area contributed by atoms with E-state index in [0.29, 0.717) is 30.0 Å². The number of likely N-dealkylation sites (tertiary alicyclic amines) is 1. The van der Waals surface area contributed by atoms with E-state index in [0.717, 1.165) is 17.7 Å². The average Bonchev–Trinajstić information content (AvgIpc) is 3.19. The Kier molecular flexibility index (Phi) is 6.03. The van der Waals surface area contributed by atoms with Crippen molar-refractivity contribution in [3.63, 3.8) is 0 Å². The van der Waals surface area contributed by atoms with Gasteiger partial charge < -0.3 is 14.2 Å². The molecule has 1 saturated heterocycles. The van der Waals surface area contributed by atoms with E-state index in [4.69, 9.17) is 4.42 Å². The highest BCUT2D eigenvalue weighted by Gasteiger charge is 2.52. The van der Waals surface area contributed by atoms with Gasteiger partial charge in [-0.15, -0.1) is 0 Å². The van der Waals surface area contributed by atoms with Crippen molar-refractivity contribution in [1.29, 1.82) is 0 Å². The summed E-state index contributed by atoms with van der Waals surface area (Å²) in [4.78, 5) is 42.8. The maximum Gasteiger partial charge on any atom is 0.291 e. The van der Waals surface area contributed by atoms with Crippen molar-refractivity contribution < 1.29 is 18.8 Å². The highest BCUT2D eigenvalue weighted by Crippen LogP contribution is 2.39. The highest BCUT2D eigenvalue weighted by atomic mass is 16.3. The second kappa shape index (κ2) is 8.33. The second-order valence-corrected chi connectivity index (χ2v) is 8.07. The number of hydrogen-bond acceptors (Lipinski definition) is 5. The van der Waals surface area contributed by atoms with Gasteiger partial charge in [-0.2, -0.15) is 0 Å². The van der Waals surface area contributed by atoms with E-state index in [2.05, 4.69) is 0 Å². The van der Waals surface area contributed by atoms with Crippen LogP contribution in [0.4, 0.5) is 0 Å². The van der Waals surface area contributed by atoms with Crippen LogP contribution >= 0.6 is 0 Å². The van der Waals surface area contributed by atoms with E-state index in [1.807, 2.05) is 45.0 Å². The van der Waals surface area contributed by atoms with Crippen molar-refractivity contribution >= 4 is 17.5 Å². The molecule has 154 valence electrons. The third-order valence-corrected chi connectivity index (χ3v) is 5.40. The minimum atomic E-state index is -1.09. The molecule has 29 heavy (non-hydrogen) atoms. The number of nitrogens with zero attached hydrogens (tertiary/aromatic N) is 2. The topological polar surface area (TPSA) is 70.8 Å². The van der Waals surface area contributed by atoms with Crippen LogP contribution in [0.15, 0.2) is 34.7 Å². The lowest BCUT2D eigenvalue weighted by molar-refractivity contribution is -0.140. The number of carbonyl (C=O) groups is 3. The molecular weight excluding hydrogens is 368 g/mol. The zero-order valence-corrected chi connectivity index (χ0v) is 17.7. The first-order chi connectivity index (χ1) is 13.7. The molecule has 0 radical (unpaired) electrons. The minimum absolute atomic E-state index is 0.321. The van der Waals surface area contributed by atoms with Gasteiger partial charge in [-0.05, 0) is 71.6 Å². The Morgan fingerprint density at radius 2 is 1.83 bits per heavy atom. The maximum absolute atomic E-state index is 13.4. The molecule has 1 aliphatic rings. The lowest BCUT2D eigenvalue weighted by Crippen LogP contribution is -2.33. The largest absolute Gasteiger partial charge is 0.464 e. The summed E-state index contributed by atoms with van der Waals surface area (Å²) >= 11 is 0. The molecule has 0 bridgehead atoms. The Bertz CT molecular complexity index is 944. The van der Waals surface area contributed by atoms with Gasteiger partial charge in [0, 0.05) is 12.1 Å². The van der Waals surface area contributed by atoms with Crippen LogP contribution in [-0.4, -0.2) is 54.5 Å². The molecule has 2 heterocycles. The Morgan fingerprint density at radius 1 is 1.10 bits per heavy atom. The Balaban J connectivity index is 2.01. The van der Waals surface area contributed by atoms with Crippen LogP contribution in [0.25, 0.3) is 0 Å². The first kappa shape index (κ1) is 21.0. The molecule has 2 atom stereocenters. The van der Waals surface area contributed by atoms with Gasteiger partial charge in [-0.1, -0.05) is 17.7 Å². The van der Waals surface area contributed by atoms with Crippen LogP contribution in [-0.2, 0) is 9.59 Å². The van der Waals surface area contributed by atoms with Crippen molar-refractivity contribution in [3.05, 3.63) is 58.5 Å². The summed E-state index contributed by atoms with van der Waals surface area (Å²) in [5, 5.41) is 0. The number of amides is 1. The molecule has 1 aliphatic heterocycles. The molecule has 1 aromatic heterocycles. The Morgan fingerprint density at radius 3 is 2.45 bits per heavy atom. The molecule has 1 amide bonds. The quantitative estimate of drug-likeness (QED) is 0.409. The molecule has 1 aromatic carbocycles. The summed E-state index contributed by atoms with van der Waals surface area (Å²) < 4.78 is 5.78. The number of ketones is 2. The highest BCUT2D eigenvalue weighted by molar-refractivity contribution is 6.44. The van der Waals surface area contributed by atoms with Gasteiger partial charge in [-0.25, -0.2) is 0 Å². The van der Waals surface area contributed by atoms with Gasteiger partial charge in [0.15, 0.2) is 5.78 Å². The molecule has 0 saturated carbocycles. The van der Waals surface area contributed by atoms with Crippen LogP contribution in [0.5, 0.6) is 0 Å². The third kappa shape index (κ3) is 4.17. The zero-order valence-electron chi connectivity index (χ0n) is 17.7. The lowest BCUT2D eigenvalue weighted by atomic mass is 9.86. The summed E-state index contributed by atoms with van der Waals surface area (Å²) in [5.41, 5.74) is 2.21. The number of carbonyl (C=O) groups excluding carboxylic acids is 3. The van der Waals surface area contributed by atoms with Crippen molar-refractivity contribution in [2.45, 2.75) is 33.2 Å². The van der Waals surface area contributed by atoms with Crippen molar-refractivity contribution in [2.24, 2.45) is 5.92 Å². The normalized spacial score (nSPS) is 19.4. The first-order valence-corrected chi connectivity index (χ1v) is 9.88. The van der Waals surface area contributed by atoms with Gasteiger partial charge in [0.1, 0.15) is 23.5 Å². The third-order valence-electron chi connectivity index (χ3n) is 5.40. The smallest absolute Gasteiger partial charge is 0.291 e. The molecular formula is C23H28N2O4. The van der Waals surface area contributed by atoms with Gasteiger partial charge >= 0.3 is 0 Å². The summed E-state index contributed by atoms with van der Waals surface area (Å²) in [6.07, 6.45) is 0.701. The van der Waals surface area contributed by atoms with E-state index in [1.54, 1.807) is 25.1 Å². The predicted molar refractivity (Wildman–Crippen MR) is 110 cm³/mol. The molecule has 6 heteroatoms. The fourth-order valence-corrected chi connectivity index (χ4v) is 3.88. The molecule has 0 aliphatic carbocycles. The maximum atomic E-state index is 13.4. The fourth-order valence-electron chi connectivity index (χ4n) is 3.88. The fraction of sp³-hybridized carbons (Fsp3) is 0.435. The number of hydrogen-bond donors (Lipinski definition) is 0. The van der Waals surface area contributed by atoms with Gasteiger partial charge in [0.2, 0.25) is 5.78 Å². The molecule has 0 N–H and O–H groups in total. The summed E-state index contributed by atoms with van der Waals surface area (Å²) in [7, 11) is 3.91. The summed E-state index contributed by atoms with van der Waals surface area (Å²) in [6.45, 7) is 6.72. The van der Waals surface area contributed by atoms with E-state index < -0.39 is 23.7 Å². The van der Waals surface area contributed by atoms with Crippen LogP contribution in [0.3, 0.4) is 0 Å². The van der Waals surface area contributed by atoms with Gasteiger partial charge in [0.25, 0.3) is 5.91 Å². The monoisotopic (exact) mass is 396 g/mol. The molecule has 2 unspecified atom stereocenters. The number of rotatable bonds is 7. The van der Waals surface area contributed by atoms with Crippen molar-refractivity contribution in [2.75, 3.05) is 27.2 Å². The van der Waals surface area contributed by atoms with Crippen molar-refractivity contribution in [1.82, 2.24) is 9.80 Å². The van der Waals surface area contributed by atoms with Crippen LogP contribution < -0.4 is 0 Å². The standard InChI is InChI=1S/C23H28N2O4/c1-14-7-8-15(2)17(13-14)21(26)19-20(18-10-9-16(3)29-18)25(23(28)22(19)27)12-6-11-24(4)5/h7-10,13,19-20H,6,11-12H2,1-5H3. The SMILES string of the molecule is Cc1ccc(C)c(C(=O)C2C(=O)C(=O)N(CCCN(C)C)C2c2ccc(C)o2)c1. The molecule has 0 spiro atoms. The Hall–Kier alpha value is -2.73. The molecule has 3 rings (SSSR count).